The largest absolute Gasteiger partial charge is 0.336 e. The summed E-state index contributed by atoms with van der Waals surface area (Å²) in [6.45, 7) is 12.9. The van der Waals surface area contributed by atoms with Gasteiger partial charge in [-0.1, -0.05) is 13.8 Å². The van der Waals surface area contributed by atoms with E-state index in [4.69, 9.17) is 0 Å². The molecule has 0 bridgehead atoms. The number of rotatable bonds is 3. The van der Waals surface area contributed by atoms with E-state index in [1.54, 1.807) is 0 Å². The maximum absolute atomic E-state index is 12.5. The Labute approximate surface area is 115 Å². The molecule has 1 N–H and O–H groups in total. The van der Waals surface area contributed by atoms with Crippen molar-refractivity contribution in [1.82, 2.24) is 20.0 Å². The molecule has 19 heavy (non-hydrogen) atoms. The second-order valence-electron chi connectivity index (χ2n) is 5.80. The number of nitrogens with zero attached hydrogens (tertiary/aromatic N) is 3. The molecule has 0 atom stereocenters. The summed E-state index contributed by atoms with van der Waals surface area (Å²) in [5.74, 6) is 0.800. The van der Waals surface area contributed by atoms with Crippen LogP contribution in [0.3, 0.4) is 0 Å². The fraction of sp³-hybridized carbons (Fsp3) is 0.714. The van der Waals surface area contributed by atoms with Crippen LogP contribution in [0.15, 0.2) is 0 Å². The fourth-order valence-electron chi connectivity index (χ4n) is 2.67. The Hall–Kier alpha value is -1.36. The molecule has 0 aromatic carbocycles. The summed E-state index contributed by atoms with van der Waals surface area (Å²) in [7, 11) is 0. The van der Waals surface area contributed by atoms with Gasteiger partial charge in [0, 0.05) is 38.4 Å². The molecular formula is C14H24N4O. The Morgan fingerprint density at radius 1 is 1.26 bits per heavy atom. The number of amides is 1. The molecule has 1 amide bonds. The van der Waals surface area contributed by atoms with Gasteiger partial charge >= 0.3 is 0 Å². The van der Waals surface area contributed by atoms with E-state index < -0.39 is 0 Å². The molecule has 1 aliphatic heterocycles. The summed E-state index contributed by atoms with van der Waals surface area (Å²) in [6.07, 6.45) is 0. The smallest absolute Gasteiger partial charge is 0.257 e. The summed E-state index contributed by atoms with van der Waals surface area (Å²) in [5.41, 5.74) is 2.41. The molecule has 2 heterocycles. The van der Waals surface area contributed by atoms with Gasteiger partial charge in [-0.25, -0.2) is 0 Å². The Bertz CT molecular complexity index is 425. The van der Waals surface area contributed by atoms with Crippen molar-refractivity contribution in [2.24, 2.45) is 5.92 Å². The first kappa shape index (κ1) is 14.1. The van der Waals surface area contributed by atoms with Crippen molar-refractivity contribution in [2.45, 2.75) is 27.7 Å². The van der Waals surface area contributed by atoms with Crippen LogP contribution in [0.25, 0.3) is 0 Å². The minimum absolute atomic E-state index is 0.118. The molecule has 1 saturated heterocycles. The highest BCUT2D eigenvalue weighted by molar-refractivity contribution is 5.96. The van der Waals surface area contributed by atoms with E-state index in [2.05, 4.69) is 28.9 Å². The van der Waals surface area contributed by atoms with Crippen LogP contribution in [0.5, 0.6) is 0 Å². The molecule has 106 valence electrons. The van der Waals surface area contributed by atoms with Crippen molar-refractivity contribution in [2.75, 3.05) is 32.7 Å². The van der Waals surface area contributed by atoms with E-state index in [1.165, 1.54) is 0 Å². The number of hydrogen-bond donors (Lipinski definition) is 1. The molecule has 0 radical (unpaired) electrons. The topological polar surface area (TPSA) is 52.2 Å². The Balaban J connectivity index is 1.96. The first-order valence-corrected chi connectivity index (χ1v) is 7.02. The number of nitrogens with one attached hydrogen (secondary N) is 1. The van der Waals surface area contributed by atoms with E-state index in [9.17, 15) is 4.79 Å². The second-order valence-corrected chi connectivity index (χ2v) is 5.80. The van der Waals surface area contributed by atoms with Crippen LogP contribution in [-0.4, -0.2) is 58.6 Å². The van der Waals surface area contributed by atoms with E-state index >= 15 is 0 Å². The van der Waals surface area contributed by atoms with Crippen LogP contribution in [0.2, 0.25) is 0 Å². The minimum atomic E-state index is 0.118. The van der Waals surface area contributed by atoms with Gasteiger partial charge in [-0.2, -0.15) is 5.10 Å². The Kier molecular flexibility index (Phi) is 4.24. The number of aromatic nitrogens is 2. The van der Waals surface area contributed by atoms with Crippen LogP contribution in [0.4, 0.5) is 0 Å². The van der Waals surface area contributed by atoms with Crippen LogP contribution in [0.1, 0.15) is 35.6 Å². The Morgan fingerprint density at radius 3 is 2.37 bits per heavy atom. The minimum Gasteiger partial charge on any atom is -0.336 e. The highest BCUT2D eigenvalue weighted by Crippen LogP contribution is 2.14. The number of H-pyrrole nitrogens is 1. The number of carbonyl (C=O) groups is 1. The average molecular weight is 264 g/mol. The van der Waals surface area contributed by atoms with Crippen LogP contribution in [0, 0.1) is 19.8 Å². The summed E-state index contributed by atoms with van der Waals surface area (Å²) in [6, 6.07) is 0. The van der Waals surface area contributed by atoms with Gasteiger partial charge in [-0.3, -0.25) is 14.8 Å². The third-order valence-corrected chi connectivity index (χ3v) is 3.62. The number of hydrogen-bond acceptors (Lipinski definition) is 3. The second kappa shape index (κ2) is 5.74. The zero-order valence-electron chi connectivity index (χ0n) is 12.4. The van der Waals surface area contributed by atoms with Crippen molar-refractivity contribution in [1.29, 1.82) is 0 Å². The van der Waals surface area contributed by atoms with E-state index in [1.807, 2.05) is 18.7 Å². The van der Waals surface area contributed by atoms with Gasteiger partial charge in [-0.15, -0.1) is 0 Å². The molecule has 1 aromatic rings. The third-order valence-electron chi connectivity index (χ3n) is 3.62. The lowest BCUT2D eigenvalue weighted by Crippen LogP contribution is -2.49. The van der Waals surface area contributed by atoms with Gasteiger partial charge < -0.3 is 4.90 Å². The lowest BCUT2D eigenvalue weighted by molar-refractivity contribution is 0.0622. The SMILES string of the molecule is Cc1n[nH]c(C)c1C(=O)N1CCN(CC(C)C)CC1. The maximum Gasteiger partial charge on any atom is 0.257 e. The molecule has 1 aliphatic rings. The molecule has 0 saturated carbocycles. The predicted octanol–water partition coefficient (Wildman–Crippen LogP) is 1.44. The lowest BCUT2D eigenvalue weighted by Gasteiger charge is -2.35. The van der Waals surface area contributed by atoms with Gasteiger partial charge in [0.2, 0.25) is 0 Å². The summed E-state index contributed by atoms with van der Waals surface area (Å²) in [5, 5.41) is 6.99. The van der Waals surface area contributed by atoms with E-state index in [0.717, 1.165) is 49.7 Å². The van der Waals surface area contributed by atoms with E-state index in [0.29, 0.717) is 5.92 Å². The normalized spacial score (nSPS) is 17.2. The van der Waals surface area contributed by atoms with Gasteiger partial charge in [-0.05, 0) is 19.8 Å². The first-order valence-electron chi connectivity index (χ1n) is 7.02. The number of carbonyl (C=O) groups excluding carboxylic acids is 1. The zero-order valence-corrected chi connectivity index (χ0v) is 12.4. The molecule has 0 aliphatic carbocycles. The van der Waals surface area contributed by atoms with Crippen LogP contribution < -0.4 is 0 Å². The van der Waals surface area contributed by atoms with Crippen molar-refractivity contribution in [3.63, 3.8) is 0 Å². The predicted molar refractivity (Wildman–Crippen MR) is 75.2 cm³/mol. The van der Waals surface area contributed by atoms with Gasteiger partial charge in [0.15, 0.2) is 0 Å². The highest BCUT2D eigenvalue weighted by atomic mass is 16.2. The van der Waals surface area contributed by atoms with Crippen LogP contribution in [-0.2, 0) is 0 Å². The van der Waals surface area contributed by atoms with Crippen molar-refractivity contribution < 1.29 is 4.79 Å². The molecule has 1 fully saturated rings. The van der Waals surface area contributed by atoms with Crippen molar-refractivity contribution in [3.05, 3.63) is 17.0 Å². The molecule has 0 spiro atoms. The average Bonchev–Trinajstić information content (AvgIpc) is 2.68. The summed E-state index contributed by atoms with van der Waals surface area (Å²) < 4.78 is 0. The molecule has 2 rings (SSSR count). The first-order chi connectivity index (χ1) is 8.99. The monoisotopic (exact) mass is 264 g/mol. The quantitative estimate of drug-likeness (QED) is 0.899. The number of aryl methyl sites for hydroxylation is 2. The third kappa shape index (κ3) is 3.15. The molecule has 1 aromatic heterocycles. The van der Waals surface area contributed by atoms with Crippen molar-refractivity contribution >= 4 is 5.91 Å². The number of aromatic amines is 1. The summed E-state index contributed by atoms with van der Waals surface area (Å²) in [4.78, 5) is 16.9. The Morgan fingerprint density at radius 2 is 1.89 bits per heavy atom. The highest BCUT2D eigenvalue weighted by Gasteiger charge is 2.25. The summed E-state index contributed by atoms with van der Waals surface area (Å²) >= 11 is 0. The van der Waals surface area contributed by atoms with Gasteiger partial charge in [0.05, 0.1) is 11.3 Å². The zero-order chi connectivity index (χ0) is 14.0. The number of piperazine rings is 1. The maximum atomic E-state index is 12.5. The molecule has 5 heteroatoms. The molecular weight excluding hydrogens is 240 g/mol. The van der Waals surface area contributed by atoms with Gasteiger partial charge in [0.1, 0.15) is 0 Å². The molecule has 0 unspecified atom stereocenters. The molecule has 5 nitrogen and oxygen atoms in total. The lowest BCUT2D eigenvalue weighted by atomic mass is 10.1. The fourth-order valence-corrected chi connectivity index (χ4v) is 2.67. The van der Waals surface area contributed by atoms with Crippen LogP contribution >= 0.6 is 0 Å². The van der Waals surface area contributed by atoms with Gasteiger partial charge in [0.25, 0.3) is 5.91 Å². The standard InChI is InChI=1S/C14H24N4O/c1-10(2)9-17-5-7-18(8-6-17)14(19)13-11(3)15-16-12(13)4/h10H,5-9H2,1-4H3,(H,15,16). The van der Waals surface area contributed by atoms with Crippen molar-refractivity contribution in [3.8, 4) is 0 Å². The van der Waals surface area contributed by atoms with E-state index in [-0.39, 0.29) is 5.91 Å².